The first-order valence-corrected chi connectivity index (χ1v) is 11.9. The molecule has 0 aliphatic heterocycles. The summed E-state index contributed by atoms with van der Waals surface area (Å²) in [5.74, 6) is -4.36. The standard InChI is InChI=1S/C27H28F2N4O7/c1-14(2)40-23-8-15(12-34)7-17(25(23)39-13-24(35)36)11-31-22-10-21(29)20(28)9-19(22)27(37)32-18-5-3-16(4-6-18)26(30)33-38/h3-10,14,31,34,38H,11-13H2,1-2H3,(H2,30,33)(H,32,37)(H,35,36). The molecule has 40 heavy (non-hydrogen) atoms. The number of benzene rings is 3. The number of amides is 1. The predicted molar refractivity (Wildman–Crippen MR) is 142 cm³/mol. The number of amidine groups is 1. The summed E-state index contributed by atoms with van der Waals surface area (Å²) in [6.07, 6.45) is -0.315. The van der Waals surface area contributed by atoms with Gasteiger partial charge in [-0.2, -0.15) is 0 Å². The second kappa shape index (κ2) is 13.2. The number of nitrogens with one attached hydrogen (secondary N) is 2. The molecule has 0 bridgehead atoms. The van der Waals surface area contributed by atoms with Crippen LogP contribution in [0.25, 0.3) is 0 Å². The Balaban J connectivity index is 1.93. The van der Waals surface area contributed by atoms with Crippen molar-refractivity contribution in [1.29, 1.82) is 0 Å². The third-order valence-electron chi connectivity index (χ3n) is 5.40. The molecule has 0 atom stereocenters. The summed E-state index contributed by atoms with van der Waals surface area (Å²) in [6.45, 7) is 2.30. The SMILES string of the molecule is CC(C)Oc1cc(CO)cc(CNc2cc(F)c(F)cc2C(=O)Nc2ccc(/C(N)=N/O)cc2)c1OCC(=O)O. The number of carboxylic acids is 1. The van der Waals surface area contributed by atoms with Crippen molar-refractivity contribution in [1.82, 2.24) is 0 Å². The fourth-order valence-electron chi connectivity index (χ4n) is 3.64. The van der Waals surface area contributed by atoms with Crippen molar-refractivity contribution in [3.63, 3.8) is 0 Å². The van der Waals surface area contributed by atoms with E-state index in [0.29, 0.717) is 22.4 Å². The van der Waals surface area contributed by atoms with E-state index in [9.17, 15) is 23.5 Å². The molecule has 7 N–H and O–H groups in total. The van der Waals surface area contributed by atoms with Crippen molar-refractivity contribution in [2.75, 3.05) is 17.2 Å². The van der Waals surface area contributed by atoms with Gasteiger partial charge in [0.25, 0.3) is 5.91 Å². The molecule has 0 aromatic heterocycles. The number of halogens is 2. The topological polar surface area (TPSA) is 176 Å². The fourth-order valence-corrected chi connectivity index (χ4v) is 3.64. The molecule has 0 radical (unpaired) electrons. The molecular weight excluding hydrogens is 530 g/mol. The summed E-state index contributed by atoms with van der Waals surface area (Å²) in [5, 5.41) is 35.9. The van der Waals surface area contributed by atoms with Gasteiger partial charge in [-0.05, 0) is 61.9 Å². The number of aliphatic carboxylic acids is 1. The van der Waals surface area contributed by atoms with E-state index in [1.165, 1.54) is 36.4 Å². The first-order valence-electron chi connectivity index (χ1n) is 11.9. The lowest BCUT2D eigenvalue weighted by atomic mass is 10.1. The molecule has 0 saturated carbocycles. The van der Waals surface area contributed by atoms with Gasteiger partial charge < -0.3 is 41.3 Å². The summed E-state index contributed by atoms with van der Waals surface area (Å²) in [4.78, 5) is 24.2. The smallest absolute Gasteiger partial charge is 0.341 e. The molecule has 0 aliphatic rings. The number of nitrogens with zero attached hydrogens (tertiary/aromatic N) is 1. The molecule has 1 amide bonds. The van der Waals surface area contributed by atoms with Gasteiger partial charge in [0.1, 0.15) is 0 Å². The van der Waals surface area contributed by atoms with Crippen LogP contribution in [0.1, 0.15) is 40.9 Å². The first kappa shape index (κ1) is 29.6. The predicted octanol–water partition coefficient (Wildman–Crippen LogP) is 3.67. The highest BCUT2D eigenvalue weighted by Crippen LogP contribution is 2.35. The van der Waals surface area contributed by atoms with Crippen molar-refractivity contribution in [2.45, 2.75) is 33.1 Å². The van der Waals surface area contributed by atoms with Gasteiger partial charge in [0.2, 0.25) is 0 Å². The molecule has 13 heteroatoms. The lowest BCUT2D eigenvalue weighted by Crippen LogP contribution is -2.17. The van der Waals surface area contributed by atoms with Gasteiger partial charge in [0.05, 0.1) is 24.0 Å². The van der Waals surface area contributed by atoms with Gasteiger partial charge in [-0.1, -0.05) is 5.16 Å². The van der Waals surface area contributed by atoms with Crippen LogP contribution in [0.4, 0.5) is 20.2 Å². The van der Waals surface area contributed by atoms with Gasteiger partial charge in [0.15, 0.2) is 35.6 Å². The van der Waals surface area contributed by atoms with Gasteiger partial charge in [-0.25, -0.2) is 13.6 Å². The summed E-state index contributed by atoms with van der Waals surface area (Å²) >= 11 is 0. The number of nitrogens with two attached hydrogens (primary N) is 1. The molecule has 212 valence electrons. The van der Waals surface area contributed by atoms with Gasteiger partial charge >= 0.3 is 5.97 Å². The maximum atomic E-state index is 14.2. The maximum Gasteiger partial charge on any atom is 0.341 e. The summed E-state index contributed by atoms with van der Waals surface area (Å²) < 4.78 is 39.6. The van der Waals surface area contributed by atoms with Crippen molar-refractivity contribution in [2.24, 2.45) is 10.9 Å². The van der Waals surface area contributed by atoms with Crippen LogP contribution in [0, 0.1) is 11.6 Å². The van der Waals surface area contributed by atoms with E-state index >= 15 is 0 Å². The molecule has 0 saturated heterocycles. The van der Waals surface area contributed by atoms with E-state index in [1.807, 2.05) is 0 Å². The van der Waals surface area contributed by atoms with E-state index in [0.717, 1.165) is 12.1 Å². The Morgan fingerprint density at radius 2 is 1.75 bits per heavy atom. The van der Waals surface area contributed by atoms with Crippen molar-refractivity contribution < 1.29 is 43.3 Å². The number of aliphatic hydroxyl groups is 1. The molecule has 0 heterocycles. The Bertz CT molecular complexity index is 1410. The lowest BCUT2D eigenvalue weighted by Gasteiger charge is -2.20. The van der Waals surface area contributed by atoms with Gasteiger partial charge in [0, 0.05) is 29.4 Å². The first-order chi connectivity index (χ1) is 19.0. The van der Waals surface area contributed by atoms with Gasteiger partial charge in [-0.3, -0.25) is 4.79 Å². The quantitative estimate of drug-likeness (QED) is 0.0838. The number of carbonyl (C=O) groups is 2. The van der Waals surface area contributed by atoms with Crippen molar-refractivity contribution in [3.8, 4) is 11.5 Å². The Morgan fingerprint density at radius 1 is 1.07 bits per heavy atom. The molecule has 11 nitrogen and oxygen atoms in total. The Morgan fingerprint density at radius 3 is 2.35 bits per heavy atom. The summed E-state index contributed by atoms with van der Waals surface area (Å²) in [7, 11) is 0. The van der Waals surface area contributed by atoms with Crippen molar-refractivity contribution in [3.05, 3.63) is 82.4 Å². The van der Waals surface area contributed by atoms with Crippen LogP contribution in [0.15, 0.2) is 53.7 Å². The molecular formula is C27H28F2N4O7. The minimum Gasteiger partial charge on any atom is -0.487 e. The maximum absolute atomic E-state index is 14.2. The average Bonchev–Trinajstić information content (AvgIpc) is 2.92. The Labute approximate surface area is 227 Å². The highest BCUT2D eigenvalue weighted by Gasteiger charge is 2.20. The van der Waals surface area contributed by atoms with Crippen LogP contribution >= 0.6 is 0 Å². The number of anilines is 2. The zero-order valence-corrected chi connectivity index (χ0v) is 21.6. The molecule has 0 spiro atoms. The number of ether oxygens (including phenoxy) is 2. The highest BCUT2D eigenvalue weighted by atomic mass is 19.2. The zero-order chi connectivity index (χ0) is 29.4. The van der Waals surface area contributed by atoms with Gasteiger partial charge in [-0.15, -0.1) is 0 Å². The van der Waals surface area contributed by atoms with Crippen molar-refractivity contribution >= 4 is 29.1 Å². The van der Waals surface area contributed by atoms with E-state index in [4.69, 9.17) is 25.5 Å². The Kier molecular flexibility index (Phi) is 9.81. The molecule has 0 aliphatic carbocycles. The number of rotatable bonds is 12. The normalized spacial score (nSPS) is 11.3. The third-order valence-corrected chi connectivity index (χ3v) is 5.40. The van der Waals surface area contributed by atoms with Crippen LogP contribution in [-0.2, 0) is 17.9 Å². The van der Waals surface area contributed by atoms with Crippen LogP contribution in [0.3, 0.4) is 0 Å². The largest absolute Gasteiger partial charge is 0.487 e. The average molecular weight is 559 g/mol. The minimum atomic E-state index is -1.25. The number of carboxylic acid groups (broad SMARTS) is 1. The number of aliphatic hydroxyl groups excluding tert-OH is 1. The van der Waals surface area contributed by atoms with Crippen LogP contribution in [0.5, 0.6) is 11.5 Å². The summed E-state index contributed by atoms with van der Waals surface area (Å²) in [6, 6.07) is 10.5. The minimum absolute atomic E-state index is 0.0696. The van der Waals surface area contributed by atoms with E-state index < -0.39 is 30.1 Å². The van der Waals surface area contributed by atoms with Crippen LogP contribution in [0.2, 0.25) is 0 Å². The second-order valence-corrected chi connectivity index (χ2v) is 8.77. The molecule has 0 fully saturated rings. The van der Waals surface area contributed by atoms with E-state index in [2.05, 4.69) is 15.8 Å². The number of hydrogen-bond acceptors (Lipinski definition) is 8. The number of hydrogen-bond donors (Lipinski definition) is 6. The number of oxime groups is 1. The fraction of sp³-hybridized carbons (Fsp3) is 0.222. The zero-order valence-electron chi connectivity index (χ0n) is 21.6. The second-order valence-electron chi connectivity index (χ2n) is 8.77. The summed E-state index contributed by atoms with van der Waals surface area (Å²) in [5.41, 5.74) is 6.67. The molecule has 3 rings (SSSR count). The van der Waals surface area contributed by atoms with Crippen LogP contribution < -0.4 is 25.8 Å². The lowest BCUT2D eigenvalue weighted by molar-refractivity contribution is -0.139. The third kappa shape index (κ3) is 7.57. The number of carbonyl (C=O) groups excluding carboxylic acids is 1. The van der Waals surface area contributed by atoms with E-state index in [-0.39, 0.29) is 47.8 Å². The highest BCUT2D eigenvalue weighted by molar-refractivity contribution is 6.08. The van der Waals surface area contributed by atoms with E-state index in [1.54, 1.807) is 13.8 Å². The monoisotopic (exact) mass is 558 g/mol. The molecule has 3 aromatic rings. The van der Waals surface area contributed by atoms with Crippen LogP contribution in [-0.4, -0.2) is 45.8 Å². The molecule has 3 aromatic carbocycles. The molecule has 0 unspecified atom stereocenters. The Hall–Kier alpha value is -4.91.